The lowest BCUT2D eigenvalue weighted by Gasteiger charge is -2.08. The van der Waals surface area contributed by atoms with E-state index in [-0.39, 0.29) is 0 Å². The molecule has 0 aliphatic rings. The van der Waals surface area contributed by atoms with Crippen LogP contribution in [0.5, 0.6) is 0 Å². The van der Waals surface area contributed by atoms with Crippen LogP contribution in [-0.4, -0.2) is 10.2 Å². The fraction of sp³-hybridized carbons (Fsp3) is 0.417. The highest BCUT2D eigenvalue weighted by Gasteiger charge is 2.06. The van der Waals surface area contributed by atoms with Crippen molar-refractivity contribution in [3.05, 3.63) is 29.5 Å². The van der Waals surface area contributed by atoms with Crippen molar-refractivity contribution in [1.29, 1.82) is 0 Å². The summed E-state index contributed by atoms with van der Waals surface area (Å²) in [5, 5.41) is 8.48. The molecular weight excluding hydrogens is 172 g/mol. The lowest BCUT2D eigenvalue weighted by atomic mass is 9.97. The van der Waals surface area contributed by atoms with Gasteiger partial charge in [0.05, 0.1) is 5.52 Å². The molecule has 2 aromatic rings. The fourth-order valence-electron chi connectivity index (χ4n) is 1.70. The van der Waals surface area contributed by atoms with Gasteiger partial charge in [-0.3, -0.25) is 5.10 Å². The summed E-state index contributed by atoms with van der Waals surface area (Å²) in [6.45, 7) is 6.55. The number of nitrogens with zero attached hydrogens (tertiary/aromatic N) is 1. The Kier molecular flexibility index (Phi) is 2.28. The monoisotopic (exact) mass is 188 g/mol. The van der Waals surface area contributed by atoms with E-state index in [0.717, 1.165) is 11.2 Å². The molecule has 1 N–H and O–H groups in total. The predicted molar refractivity (Wildman–Crippen MR) is 59.5 cm³/mol. The second-order valence-electron chi connectivity index (χ2n) is 3.93. The summed E-state index contributed by atoms with van der Waals surface area (Å²) < 4.78 is 0. The zero-order chi connectivity index (χ0) is 10.1. The second-order valence-corrected chi connectivity index (χ2v) is 3.93. The third-order valence-electron chi connectivity index (χ3n) is 2.95. The zero-order valence-electron chi connectivity index (χ0n) is 8.96. The standard InChI is InChI=1S/C12H16N2/c1-4-8(2)10-5-6-12-11(7-10)9(3)13-14-12/h5-8H,4H2,1-3H3,(H,13,14). The molecule has 0 bridgehead atoms. The largest absolute Gasteiger partial charge is 0.282 e. The summed E-state index contributed by atoms with van der Waals surface area (Å²) in [7, 11) is 0. The van der Waals surface area contributed by atoms with Crippen LogP contribution in [0, 0.1) is 6.92 Å². The van der Waals surface area contributed by atoms with E-state index in [1.165, 1.54) is 17.4 Å². The van der Waals surface area contributed by atoms with Crippen molar-refractivity contribution in [3.8, 4) is 0 Å². The van der Waals surface area contributed by atoms with Crippen LogP contribution in [0.2, 0.25) is 0 Å². The third kappa shape index (κ3) is 1.41. The van der Waals surface area contributed by atoms with Crippen molar-refractivity contribution in [1.82, 2.24) is 10.2 Å². The molecule has 14 heavy (non-hydrogen) atoms. The van der Waals surface area contributed by atoms with E-state index in [0.29, 0.717) is 5.92 Å². The molecule has 0 aliphatic heterocycles. The van der Waals surface area contributed by atoms with Crippen LogP contribution in [-0.2, 0) is 0 Å². The van der Waals surface area contributed by atoms with Gasteiger partial charge < -0.3 is 0 Å². The third-order valence-corrected chi connectivity index (χ3v) is 2.95. The van der Waals surface area contributed by atoms with E-state index in [1.54, 1.807) is 0 Å². The van der Waals surface area contributed by atoms with Gasteiger partial charge in [-0.25, -0.2) is 0 Å². The minimum absolute atomic E-state index is 0.633. The minimum atomic E-state index is 0.633. The van der Waals surface area contributed by atoms with Crippen LogP contribution in [0.15, 0.2) is 18.2 Å². The van der Waals surface area contributed by atoms with Gasteiger partial charge in [0.2, 0.25) is 0 Å². The highest BCUT2D eigenvalue weighted by molar-refractivity contribution is 5.81. The molecule has 2 heteroatoms. The molecule has 0 aliphatic carbocycles. The normalized spacial score (nSPS) is 13.4. The number of hydrogen-bond acceptors (Lipinski definition) is 1. The molecule has 0 saturated heterocycles. The van der Waals surface area contributed by atoms with Crippen molar-refractivity contribution >= 4 is 10.9 Å². The Morgan fingerprint density at radius 1 is 1.43 bits per heavy atom. The SMILES string of the molecule is CCC(C)c1ccc2n[nH]c(C)c2c1. The van der Waals surface area contributed by atoms with Crippen molar-refractivity contribution in [3.63, 3.8) is 0 Å². The molecule has 1 heterocycles. The first-order valence-corrected chi connectivity index (χ1v) is 5.17. The number of aryl methyl sites for hydroxylation is 1. The maximum Gasteiger partial charge on any atom is 0.0923 e. The Bertz CT molecular complexity index is 443. The van der Waals surface area contributed by atoms with Gasteiger partial charge in [0.25, 0.3) is 0 Å². The topological polar surface area (TPSA) is 28.7 Å². The number of rotatable bonds is 2. The van der Waals surface area contributed by atoms with Crippen LogP contribution < -0.4 is 0 Å². The molecule has 0 amide bonds. The average Bonchev–Trinajstić information content (AvgIpc) is 2.59. The first-order valence-electron chi connectivity index (χ1n) is 5.17. The van der Waals surface area contributed by atoms with Crippen LogP contribution >= 0.6 is 0 Å². The highest BCUT2D eigenvalue weighted by Crippen LogP contribution is 2.23. The molecule has 1 unspecified atom stereocenters. The molecule has 0 radical (unpaired) electrons. The number of aromatic amines is 1. The molecule has 1 aromatic heterocycles. The summed E-state index contributed by atoms with van der Waals surface area (Å²) >= 11 is 0. The first kappa shape index (κ1) is 9.25. The van der Waals surface area contributed by atoms with E-state index in [1.807, 2.05) is 0 Å². The number of fused-ring (bicyclic) bond motifs is 1. The molecule has 0 fully saturated rings. The van der Waals surface area contributed by atoms with Crippen molar-refractivity contribution < 1.29 is 0 Å². The Balaban J connectivity index is 2.54. The maximum absolute atomic E-state index is 4.22. The van der Waals surface area contributed by atoms with Gasteiger partial charge >= 0.3 is 0 Å². The van der Waals surface area contributed by atoms with Gasteiger partial charge in [-0.15, -0.1) is 0 Å². The molecule has 1 aromatic carbocycles. The summed E-state index contributed by atoms with van der Waals surface area (Å²) in [5.74, 6) is 0.633. The van der Waals surface area contributed by atoms with Gasteiger partial charge in [-0.2, -0.15) is 5.10 Å². The van der Waals surface area contributed by atoms with E-state index in [2.05, 4.69) is 49.2 Å². The minimum Gasteiger partial charge on any atom is -0.282 e. The van der Waals surface area contributed by atoms with Crippen molar-refractivity contribution in [2.24, 2.45) is 0 Å². The lowest BCUT2D eigenvalue weighted by Crippen LogP contribution is -1.90. The number of nitrogens with one attached hydrogen (secondary N) is 1. The summed E-state index contributed by atoms with van der Waals surface area (Å²) in [5.41, 5.74) is 3.63. The van der Waals surface area contributed by atoms with Gasteiger partial charge in [-0.1, -0.05) is 19.9 Å². The number of aromatic nitrogens is 2. The van der Waals surface area contributed by atoms with E-state index in [9.17, 15) is 0 Å². The van der Waals surface area contributed by atoms with Gasteiger partial charge in [0, 0.05) is 11.1 Å². The zero-order valence-corrected chi connectivity index (χ0v) is 8.96. The summed E-state index contributed by atoms with van der Waals surface area (Å²) in [4.78, 5) is 0. The molecular formula is C12H16N2. The summed E-state index contributed by atoms with van der Waals surface area (Å²) in [6.07, 6.45) is 1.18. The number of benzene rings is 1. The molecule has 2 rings (SSSR count). The average molecular weight is 188 g/mol. The maximum atomic E-state index is 4.22. The van der Waals surface area contributed by atoms with Crippen LogP contribution in [0.1, 0.15) is 37.4 Å². The highest BCUT2D eigenvalue weighted by atomic mass is 15.1. The quantitative estimate of drug-likeness (QED) is 0.769. The molecule has 1 atom stereocenters. The Hall–Kier alpha value is -1.31. The van der Waals surface area contributed by atoms with Gasteiger partial charge in [-0.05, 0) is 37.0 Å². The number of hydrogen-bond donors (Lipinski definition) is 1. The molecule has 74 valence electrons. The van der Waals surface area contributed by atoms with Gasteiger partial charge in [0.15, 0.2) is 0 Å². The summed E-state index contributed by atoms with van der Waals surface area (Å²) in [6, 6.07) is 6.53. The Morgan fingerprint density at radius 2 is 2.21 bits per heavy atom. The molecule has 0 spiro atoms. The second kappa shape index (κ2) is 3.45. The Morgan fingerprint density at radius 3 is 2.93 bits per heavy atom. The molecule has 0 saturated carbocycles. The fourth-order valence-corrected chi connectivity index (χ4v) is 1.70. The Labute approximate surface area is 84.3 Å². The smallest absolute Gasteiger partial charge is 0.0923 e. The van der Waals surface area contributed by atoms with Crippen LogP contribution in [0.25, 0.3) is 10.9 Å². The molecule has 2 nitrogen and oxygen atoms in total. The lowest BCUT2D eigenvalue weighted by molar-refractivity contribution is 0.734. The first-order chi connectivity index (χ1) is 6.72. The van der Waals surface area contributed by atoms with Crippen molar-refractivity contribution in [2.45, 2.75) is 33.1 Å². The van der Waals surface area contributed by atoms with E-state index in [4.69, 9.17) is 0 Å². The number of H-pyrrole nitrogens is 1. The van der Waals surface area contributed by atoms with Crippen LogP contribution in [0.3, 0.4) is 0 Å². The van der Waals surface area contributed by atoms with E-state index >= 15 is 0 Å². The van der Waals surface area contributed by atoms with E-state index < -0.39 is 0 Å². The van der Waals surface area contributed by atoms with Crippen LogP contribution in [0.4, 0.5) is 0 Å². The van der Waals surface area contributed by atoms with Crippen molar-refractivity contribution in [2.75, 3.05) is 0 Å². The predicted octanol–water partition coefficient (Wildman–Crippen LogP) is 3.38. The van der Waals surface area contributed by atoms with Gasteiger partial charge in [0.1, 0.15) is 0 Å².